The van der Waals surface area contributed by atoms with Crippen molar-refractivity contribution in [3.05, 3.63) is 193 Å². The molecule has 4 saturated heterocycles. The molecule has 134 heavy (non-hydrogen) atoms. The van der Waals surface area contributed by atoms with Crippen molar-refractivity contribution in [2.75, 3.05) is 79.3 Å². The molecule has 4 fully saturated rings. The maximum Gasteiger partial charge on any atom is 0.419 e. The highest BCUT2D eigenvalue weighted by Gasteiger charge is 2.56. The molecule has 28 nitrogen and oxygen atoms in total. The van der Waals surface area contributed by atoms with E-state index in [0.29, 0.717) is 36.1 Å². The monoisotopic (exact) mass is 1960 g/mol. The van der Waals surface area contributed by atoms with Gasteiger partial charge < -0.3 is 37.9 Å². The second kappa shape index (κ2) is 46.5. The third kappa shape index (κ3) is 24.7. The van der Waals surface area contributed by atoms with Crippen molar-refractivity contribution in [2.45, 2.75) is 189 Å². The molecule has 4 aliphatic rings. The predicted octanol–water partition coefficient (Wildman–Crippen LogP) is 17.0. The molecule has 0 aliphatic carbocycles. The number of hydrogen-bond acceptors (Lipinski definition) is 24. The first-order chi connectivity index (χ1) is 63.4. The molecule has 1 atom stereocenters. The van der Waals surface area contributed by atoms with E-state index in [9.17, 15) is 92.4 Å². The van der Waals surface area contributed by atoms with Gasteiger partial charge in [0.2, 0.25) is 0 Å². The van der Waals surface area contributed by atoms with Gasteiger partial charge >= 0.3 is 18.5 Å². The zero-order valence-corrected chi connectivity index (χ0v) is 77.5. The number of ether oxygens (including phenoxy) is 8. The van der Waals surface area contributed by atoms with Crippen molar-refractivity contribution >= 4 is 63.0 Å². The zero-order chi connectivity index (χ0) is 98.3. The number of nitrogens with one attached hydrogen (secondary N) is 4. The summed E-state index contributed by atoms with van der Waals surface area (Å²) in [6, 6.07) is 40.9. The fraction of sp³-hybridized carbons (Fsp3) is 0.441. The molecule has 4 amide bonds. The Balaban J connectivity index is 0.000000201. The van der Waals surface area contributed by atoms with Gasteiger partial charge in [0.1, 0.15) is 23.0 Å². The number of carbonyl (C=O) groups is 4. The lowest BCUT2D eigenvalue weighted by Crippen LogP contribution is -2.54. The van der Waals surface area contributed by atoms with E-state index >= 15 is 0 Å². The van der Waals surface area contributed by atoms with Crippen LogP contribution in [-0.4, -0.2) is 176 Å². The van der Waals surface area contributed by atoms with E-state index in [0.717, 1.165) is 60.8 Å². The number of alkyl halides is 9. The van der Waals surface area contributed by atoms with Crippen molar-refractivity contribution in [1.29, 1.82) is 0 Å². The van der Waals surface area contributed by atoms with Gasteiger partial charge in [0.15, 0.2) is 58.3 Å². The van der Waals surface area contributed by atoms with E-state index in [-0.39, 0.29) is 189 Å². The Labute approximate surface area is 771 Å². The molecule has 0 radical (unpaired) electrons. The summed E-state index contributed by atoms with van der Waals surface area (Å²) in [6.45, 7) is 13.3. The van der Waals surface area contributed by atoms with Crippen LogP contribution >= 0.6 is 0 Å². The van der Waals surface area contributed by atoms with Crippen LogP contribution in [0.4, 0.5) is 39.5 Å². The van der Waals surface area contributed by atoms with Gasteiger partial charge in [0.25, 0.3) is 23.6 Å². The largest absolute Gasteiger partial charge is 0.494 e. The summed E-state index contributed by atoms with van der Waals surface area (Å²) < 4.78 is 265. The van der Waals surface area contributed by atoms with E-state index in [4.69, 9.17) is 58.7 Å². The number of hydroxylamine groups is 4. The minimum absolute atomic E-state index is 0.0109. The number of hydrogen-bond donors (Lipinski definition) is 8. The number of rotatable bonds is 32. The summed E-state index contributed by atoms with van der Waals surface area (Å²) in [5.74, 6) is -3.69. The summed E-state index contributed by atoms with van der Waals surface area (Å²) in [7, 11) is -16.7. The molecule has 0 spiro atoms. The van der Waals surface area contributed by atoms with Gasteiger partial charge in [-0.25, -0.2) is 55.6 Å². The minimum atomic E-state index is -4.64. The number of carbonyl (C=O) groups excluding carboxylic acids is 4. The zero-order valence-electron chi connectivity index (χ0n) is 74.3. The number of halogens is 9. The first-order valence-corrected chi connectivity index (χ1v) is 49.1. The molecule has 0 bridgehead atoms. The number of amides is 4. The molecule has 8 aromatic carbocycles. The molecule has 732 valence electrons. The van der Waals surface area contributed by atoms with Crippen LogP contribution in [0, 0.1) is 11.8 Å². The van der Waals surface area contributed by atoms with E-state index in [1.807, 2.05) is 58.9 Å². The fourth-order valence-corrected chi connectivity index (χ4v) is 23.0. The maximum absolute atomic E-state index is 13.7. The molecule has 1 unspecified atom stereocenters. The topological polar surface area (TPSA) is 408 Å². The Morgan fingerprint density at radius 1 is 0.343 bits per heavy atom. The Bertz CT molecular complexity index is 5760. The molecular weight excluding hydrogens is 1860 g/mol. The lowest BCUT2D eigenvalue weighted by Gasteiger charge is -2.34. The normalized spacial score (nSPS) is 16.4. The first kappa shape index (κ1) is 107. The summed E-state index contributed by atoms with van der Waals surface area (Å²) in [5, 5.41) is 36.5. The smallest absolute Gasteiger partial charge is 0.419 e. The van der Waals surface area contributed by atoms with Crippen molar-refractivity contribution in [2.24, 2.45) is 11.8 Å². The molecule has 8 aromatic rings. The van der Waals surface area contributed by atoms with Gasteiger partial charge in [-0.3, -0.25) is 40.0 Å². The number of benzene rings is 8. The van der Waals surface area contributed by atoms with Crippen LogP contribution in [0.25, 0.3) is 44.5 Å². The molecule has 12 rings (SSSR count). The van der Waals surface area contributed by atoms with Crippen LogP contribution in [0.5, 0.6) is 23.0 Å². The first-order valence-electron chi connectivity index (χ1n) is 43.1. The van der Waals surface area contributed by atoms with Gasteiger partial charge in [-0.2, -0.15) is 39.5 Å². The molecule has 0 saturated carbocycles. The Kier molecular flexibility index (Phi) is 37.2. The molecule has 4 aliphatic heterocycles. The van der Waals surface area contributed by atoms with E-state index in [1.165, 1.54) is 143 Å². The number of unbranched alkanes of at least 4 members (excludes halogenated alkanes) is 2. The fourth-order valence-electron chi connectivity index (χ4n) is 15.2. The SMILES string of the molecule is CC(C)CCOc1ccc(-c2ccc(S(=O)(=O)C3(C(=O)NO)CCOCC3)cc2)cc1C(F)(F)F.CCC(C)COc1ccc(-c2ccc(S(=O)(=O)C3(C(=O)NO)CCOCC3)cc2)cc1C(F)(F)F.CCCCOc1ccc(-c2ccc(S(=O)(=O)C3(C(=O)NO)CCOCC3)cc2)cc1.CCCCOc1ccc(-c2ccc(S(=O)(=O)C3(C(=O)NO)CCOCC3)cc2)cc1C(F)(F)F. The van der Waals surface area contributed by atoms with Crippen molar-refractivity contribution < 1.29 is 151 Å². The van der Waals surface area contributed by atoms with Crippen LogP contribution < -0.4 is 40.9 Å². The summed E-state index contributed by atoms with van der Waals surface area (Å²) in [5.41, 5.74) is 6.63. The Morgan fingerprint density at radius 3 is 0.813 bits per heavy atom. The average molecular weight is 1970 g/mol. The van der Waals surface area contributed by atoms with Gasteiger partial charge in [-0.15, -0.1) is 0 Å². The van der Waals surface area contributed by atoms with Crippen molar-refractivity contribution in [3.8, 4) is 67.5 Å². The van der Waals surface area contributed by atoms with Crippen LogP contribution in [0.15, 0.2) is 196 Å². The molecule has 4 heterocycles. The maximum atomic E-state index is 13.7. The van der Waals surface area contributed by atoms with Crippen LogP contribution in [0.3, 0.4) is 0 Å². The van der Waals surface area contributed by atoms with E-state index < -0.39 is 117 Å². The van der Waals surface area contributed by atoms with Gasteiger partial charge in [-0.1, -0.05) is 140 Å². The second-order valence-electron chi connectivity index (χ2n) is 32.7. The highest BCUT2D eigenvalue weighted by molar-refractivity contribution is 7.94. The predicted molar refractivity (Wildman–Crippen MR) is 473 cm³/mol. The van der Waals surface area contributed by atoms with E-state index in [2.05, 4.69) is 6.92 Å². The molecule has 0 aromatic heterocycles. The highest BCUT2D eigenvalue weighted by atomic mass is 32.2. The van der Waals surface area contributed by atoms with Crippen LogP contribution in [0.2, 0.25) is 0 Å². The minimum Gasteiger partial charge on any atom is -0.494 e. The van der Waals surface area contributed by atoms with Crippen molar-refractivity contribution in [1.82, 2.24) is 21.9 Å². The van der Waals surface area contributed by atoms with Crippen molar-refractivity contribution in [3.63, 3.8) is 0 Å². The second-order valence-corrected chi connectivity index (χ2v) is 41.8. The molecule has 41 heteroatoms. The third-order valence-corrected chi connectivity index (χ3v) is 33.8. The van der Waals surface area contributed by atoms with Gasteiger partial charge in [-0.05, 0) is 224 Å². The third-order valence-electron chi connectivity index (χ3n) is 23.7. The average Bonchev–Trinajstić information content (AvgIpc) is 0.756. The quantitative estimate of drug-likeness (QED) is 0.00840. The lowest BCUT2D eigenvalue weighted by atomic mass is 9.98. The lowest BCUT2D eigenvalue weighted by molar-refractivity contribution is -0.139. The highest BCUT2D eigenvalue weighted by Crippen LogP contribution is 2.46. The number of sulfone groups is 4. The standard InChI is InChI=1S/2C24H28F3NO6S.C23H26F3NO6S.C22H27NO6S/c1-16(2)9-12-34-21-8-5-18(15-20(21)24(25,26)27)17-3-6-19(7-4-17)35(31,32)23(22(29)28-30)10-13-33-14-11-23;1-3-16(2)15-34-21-9-6-18(14-20(21)24(25,26)27)17-4-7-19(8-5-17)35(31,32)23(22(29)28-30)10-12-33-13-11-23;1-2-3-12-33-20-9-6-17(15-19(20)23(24,25)26)16-4-7-18(8-5-16)34(30,31)22(21(28)27-29)10-13-32-14-11-22;1-2-3-14-29-19-8-4-17(5-9-19)18-6-10-20(11-7-18)30(26,27)22(21(24)23-25)12-15-28-16-13-22/h3-8,15-16,30H,9-14H2,1-2H3,(H,28,29);4-9,14,16,30H,3,10-13,15H2,1-2H3,(H,28,29);4-9,15,29H,2-3,10-14H2,1H3,(H,27,28);4-11,25H,2-3,12-16H2,1H3,(H,23,24). The van der Waals surface area contributed by atoms with Crippen LogP contribution in [-0.2, 0) is 96.0 Å². The van der Waals surface area contributed by atoms with E-state index in [1.54, 1.807) is 12.1 Å². The summed E-state index contributed by atoms with van der Waals surface area (Å²) in [4.78, 5) is 48.9. The summed E-state index contributed by atoms with van der Waals surface area (Å²) >= 11 is 0. The van der Waals surface area contributed by atoms with Crippen LogP contribution in [0.1, 0.15) is 148 Å². The Hall–Kier alpha value is -10.3. The molecule has 8 N–H and O–H groups in total. The Morgan fingerprint density at radius 2 is 0.575 bits per heavy atom. The van der Waals surface area contributed by atoms with Gasteiger partial charge in [0, 0.05) is 52.9 Å². The summed E-state index contributed by atoms with van der Waals surface area (Å²) in [6.07, 6.45) is -9.94. The van der Waals surface area contributed by atoms with Gasteiger partial charge in [0.05, 0.1) is 62.7 Å². The molecular formula is C93H109F9N4O24S4.